The molecule has 0 aliphatic carbocycles. The molecule has 0 aliphatic rings. The first kappa shape index (κ1) is 15.8. The van der Waals surface area contributed by atoms with E-state index in [1.165, 1.54) is 7.11 Å². The monoisotopic (exact) mass is 277 g/mol. The van der Waals surface area contributed by atoms with Crippen LogP contribution in [0.3, 0.4) is 0 Å². The largest absolute Gasteiger partial charge is 0.496 e. The maximum absolute atomic E-state index is 12.1. The Kier molecular flexibility index (Phi) is 6.11. The molecule has 1 rings (SSSR count). The fourth-order valence-corrected chi connectivity index (χ4v) is 1.75. The van der Waals surface area contributed by atoms with Crippen LogP contribution in [0, 0.1) is 0 Å². The molecule has 1 N–H and O–H groups in total. The van der Waals surface area contributed by atoms with E-state index in [-0.39, 0.29) is 12.6 Å². The number of halogens is 3. The molecule has 0 amide bonds. The summed E-state index contributed by atoms with van der Waals surface area (Å²) in [4.78, 5) is 0. The number of hydrogen-bond donors (Lipinski definition) is 1. The van der Waals surface area contributed by atoms with Gasteiger partial charge in [-0.2, -0.15) is 13.2 Å². The maximum Gasteiger partial charge on any atom is 0.411 e. The number of para-hydroxylation sites is 1. The summed E-state index contributed by atoms with van der Waals surface area (Å²) in [5.74, 6) is 0.629. The summed E-state index contributed by atoms with van der Waals surface area (Å²) in [6.45, 7) is 1.20. The minimum absolute atomic E-state index is 0.0618. The molecule has 0 aliphatic heterocycles. The first-order chi connectivity index (χ1) is 8.98. The van der Waals surface area contributed by atoms with Crippen LogP contribution in [0.1, 0.15) is 18.5 Å². The summed E-state index contributed by atoms with van der Waals surface area (Å²) in [7, 11) is 1.53. The van der Waals surface area contributed by atoms with Crippen molar-refractivity contribution in [2.45, 2.75) is 19.1 Å². The van der Waals surface area contributed by atoms with Crippen LogP contribution in [0.15, 0.2) is 24.3 Å². The van der Waals surface area contributed by atoms with Gasteiger partial charge in [0.05, 0.1) is 19.8 Å². The molecule has 3 nitrogen and oxygen atoms in total. The van der Waals surface area contributed by atoms with Crippen LogP contribution in [-0.4, -0.2) is 33.0 Å². The molecular formula is C13H18F3NO2. The van der Waals surface area contributed by atoms with Crippen LogP contribution in [0.25, 0.3) is 0 Å². The van der Waals surface area contributed by atoms with E-state index in [1.807, 2.05) is 25.1 Å². The van der Waals surface area contributed by atoms with Crippen LogP contribution in [-0.2, 0) is 4.74 Å². The molecule has 0 heterocycles. The zero-order chi connectivity index (χ0) is 14.3. The highest BCUT2D eigenvalue weighted by Crippen LogP contribution is 2.25. The van der Waals surface area contributed by atoms with Crippen LogP contribution < -0.4 is 10.1 Å². The van der Waals surface area contributed by atoms with Gasteiger partial charge in [0.15, 0.2) is 0 Å². The Morgan fingerprint density at radius 1 is 1.26 bits per heavy atom. The average Bonchev–Trinajstić information content (AvgIpc) is 2.36. The van der Waals surface area contributed by atoms with Gasteiger partial charge < -0.3 is 14.8 Å². The summed E-state index contributed by atoms with van der Waals surface area (Å²) in [5.41, 5.74) is 0.786. The number of benzene rings is 1. The van der Waals surface area contributed by atoms with Crippen molar-refractivity contribution in [2.24, 2.45) is 0 Å². The summed E-state index contributed by atoms with van der Waals surface area (Å²) in [6, 6.07) is 6.86. The Hall–Kier alpha value is -1.27. The zero-order valence-corrected chi connectivity index (χ0v) is 11.0. The van der Waals surface area contributed by atoms with Gasteiger partial charge in [-0.25, -0.2) is 0 Å². The van der Waals surface area contributed by atoms with Crippen molar-refractivity contribution in [3.8, 4) is 5.75 Å². The minimum Gasteiger partial charge on any atom is -0.496 e. The second-order valence-electron chi connectivity index (χ2n) is 3.98. The topological polar surface area (TPSA) is 30.5 Å². The Bertz CT molecular complexity index is 382. The van der Waals surface area contributed by atoms with E-state index in [1.54, 1.807) is 6.07 Å². The van der Waals surface area contributed by atoms with E-state index in [2.05, 4.69) is 5.32 Å². The number of rotatable bonds is 7. The van der Waals surface area contributed by atoms with E-state index < -0.39 is 12.8 Å². The summed E-state index contributed by atoms with van der Waals surface area (Å²) in [5, 5.41) is 3.09. The Labute approximate surface area is 110 Å². The smallest absolute Gasteiger partial charge is 0.411 e. The molecule has 1 unspecified atom stereocenters. The number of hydrogen-bond acceptors (Lipinski definition) is 3. The van der Waals surface area contributed by atoms with Gasteiger partial charge in [-0.3, -0.25) is 0 Å². The SMILES string of the molecule is CCNC(COCC(F)(F)F)c1ccccc1OC. The normalized spacial score (nSPS) is 13.3. The lowest BCUT2D eigenvalue weighted by molar-refractivity contribution is -0.175. The molecular weight excluding hydrogens is 259 g/mol. The Morgan fingerprint density at radius 2 is 1.95 bits per heavy atom. The molecule has 0 saturated heterocycles. The van der Waals surface area contributed by atoms with Gasteiger partial charge in [-0.05, 0) is 12.6 Å². The fraction of sp³-hybridized carbons (Fsp3) is 0.538. The van der Waals surface area contributed by atoms with E-state index >= 15 is 0 Å². The molecule has 6 heteroatoms. The van der Waals surface area contributed by atoms with E-state index in [0.717, 1.165) is 5.56 Å². The van der Waals surface area contributed by atoms with Gasteiger partial charge in [-0.1, -0.05) is 25.1 Å². The van der Waals surface area contributed by atoms with Crippen molar-refractivity contribution >= 4 is 0 Å². The third-order valence-electron chi connectivity index (χ3n) is 2.52. The number of ether oxygens (including phenoxy) is 2. The van der Waals surface area contributed by atoms with Gasteiger partial charge in [0, 0.05) is 5.56 Å². The molecule has 19 heavy (non-hydrogen) atoms. The van der Waals surface area contributed by atoms with Crippen molar-refractivity contribution in [3.05, 3.63) is 29.8 Å². The van der Waals surface area contributed by atoms with Gasteiger partial charge >= 0.3 is 6.18 Å². The second-order valence-corrected chi connectivity index (χ2v) is 3.98. The summed E-state index contributed by atoms with van der Waals surface area (Å²) < 4.78 is 46.1. The minimum atomic E-state index is -4.31. The average molecular weight is 277 g/mol. The lowest BCUT2D eigenvalue weighted by atomic mass is 10.1. The quantitative estimate of drug-likeness (QED) is 0.831. The molecule has 0 saturated carbocycles. The second kappa shape index (κ2) is 7.35. The number of alkyl halides is 3. The lowest BCUT2D eigenvalue weighted by Crippen LogP contribution is -2.28. The number of likely N-dealkylation sites (N-methyl/N-ethyl adjacent to an activating group) is 1. The molecule has 0 radical (unpaired) electrons. The van der Waals surface area contributed by atoms with E-state index in [0.29, 0.717) is 12.3 Å². The van der Waals surface area contributed by atoms with E-state index in [4.69, 9.17) is 9.47 Å². The van der Waals surface area contributed by atoms with Gasteiger partial charge in [0.1, 0.15) is 12.4 Å². The van der Waals surface area contributed by atoms with Crippen molar-refractivity contribution in [2.75, 3.05) is 26.9 Å². The van der Waals surface area contributed by atoms with Crippen LogP contribution in [0.5, 0.6) is 5.75 Å². The Morgan fingerprint density at radius 3 is 2.53 bits per heavy atom. The first-order valence-corrected chi connectivity index (χ1v) is 5.98. The molecule has 1 aromatic carbocycles. The van der Waals surface area contributed by atoms with Crippen molar-refractivity contribution in [3.63, 3.8) is 0 Å². The number of nitrogens with one attached hydrogen (secondary N) is 1. The standard InChI is InChI=1S/C13H18F3NO2/c1-3-17-11(8-19-9-13(14,15)16)10-6-4-5-7-12(10)18-2/h4-7,11,17H,3,8-9H2,1-2H3. The molecule has 0 aromatic heterocycles. The molecule has 1 aromatic rings. The van der Waals surface area contributed by atoms with Gasteiger partial charge in [0.2, 0.25) is 0 Å². The van der Waals surface area contributed by atoms with Crippen LogP contribution >= 0.6 is 0 Å². The predicted octanol–water partition coefficient (Wildman–Crippen LogP) is 2.92. The lowest BCUT2D eigenvalue weighted by Gasteiger charge is -2.21. The maximum atomic E-state index is 12.1. The highest BCUT2D eigenvalue weighted by molar-refractivity contribution is 5.35. The van der Waals surface area contributed by atoms with E-state index in [9.17, 15) is 13.2 Å². The van der Waals surface area contributed by atoms with Crippen molar-refractivity contribution in [1.29, 1.82) is 0 Å². The predicted molar refractivity (Wildman–Crippen MR) is 66.3 cm³/mol. The third-order valence-corrected chi connectivity index (χ3v) is 2.52. The number of methoxy groups -OCH3 is 1. The highest BCUT2D eigenvalue weighted by Gasteiger charge is 2.28. The molecule has 1 atom stereocenters. The summed E-state index contributed by atoms with van der Waals surface area (Å²) >= 11 is 0. The van der Waals surface area contributed by atoms with Crippen molar-refractivity contribution < 1.29 is 22.6 Å². The van der Waals surface area contributed by atoms with Gasteiger partial charge in [-0.15, -0.1) is 0 Å². The summed E-state index contributed by atoms with van der Waals surface area (Å²) in [6.07, 6.45) is -4.31. The zero-order valence-electron chi connectivity index (χ0n) is 11.0. The molecule has 0 bridgehead atoms. The molecule has 108 valence electrons. The highest BCUT2D eigenvalue weighted by atomic mass is 19.4. The Balaban J connectivity index is 2.71. The third kappa shape index (κ3) is 5.48. The fourth-order valence-electron chi connectivity index (χ4n) is 1.75. The van der Waals surface area contributed by atoms with Crippen LogP contribution in [0.2, 0.25) is 0 Å². The first-order valence-electron chi connectivity index (χ1n) is 5.98. The van der Waals surface area contributed by atoms with Crippen molar-refractivity contribution in [1.82, 2.24) is 5.32 Å². The molecule has 0 spiro atoms. The molecule has 0 fully saturated rings. The van der Waals surface area contributed by atoms with Gasteiger partial charge in [0.25, 0.3) is 0 Å². The van der Waals surface area contributed by atoms with Crippen LogP contribution in [0.4, 0.5) is 13.2 Å².